The molecule has 64 valence electrons. The van der Waals surface area contributed by atoms with Crippen molar-refractivity contribution in [3.63, 3.8) is 0 Å². The molecule has 2 N–H and O–H groups in total. The van der Waals surface area contributed by atoms with Gasteiger partial charge in [0, 0.05) is 6.42 Å². The van der Waals surface area contributed by atoms with E-state index < -0.39 is 0 Å². The highest BCUT2D eigenvalue weighted by Crippen LogP contribution is 2.03. The highest BCUT2D eigenvalue weighted by atomic mass is 16.1. The van der Waals surface area contributed by atoms with Crippen LogP contribution >= 0.6 is 0 Å². The number of rotatable bonds is 5. The Labute approximate surface area is 68.5 Å². The Bertz CT molecular complexity index is 140. The monoisotopic (exact) mass is 155 g/mol. The predicted octanol–water partition coefficient (Wildman–Crippen LogP) is 1.50. The first-order valence-corrected chi connectivity index (χ1v) is 3.98. The van der Waals surface area contributed by atoms with E-state index >= 15 is 0 Å². The minimum atomic E-state index is -0.296. The van der Waals surface area contributed by atoms with Crippen LogP contribution in [-0.2, 0) is 4.79 Å². The molecule has 0 aromatic carbocycles. The lowest BCUT2D eigenvalue weighted by atomic mass is 9.98. The SMILES string of the molecule is C=CCCC(=O)C(N)C(C)C. The van der Waals surface area contributed by atoms with E-state index in [0.29, 0.717) is 6.42 Å². The molecule has 2 nitrogen and oxygen atoms in total. The van der Waals surface area contributed by atoms with Gasteiger partial charge in [0.05, 0.1) is 6.04 Å². The summed E-state index contributed by atoms with van der Waals surface area (Å²) in [4.78, 5) is 11.2. The summed E-state index contributed by atoms with van der Waals surface area (Å²) in [6.45, 7) is 7.45. The summed E-state index contributed by atoms with van der Waals surface area (Å²) in [6, 6.07) is -0.296. The fourth-order valence-electron chi connectivity index (χ4n) is 0.783. The second-order valence-corrected chi connectivity index (χ2v) is 3.06. The third-order valence-electron chi connectivity index (χ3n) is 1.68. The molecular weight excluding hydrogens is 138 g/mol. The summed E-state index contributed by atoms with van der Waals surface area (Å²) >= 11 is 0. The zero-order valence-corrected chi connectivity index (χ0v) is 7.34. The third kappa shape index (κ3) is 3.94. The maximum atomic E-state index is 11.2. The summed E-state index contributed by atoms with van der Waals surface area (Å²) in [5.41, 5.74) is 5.62. The van der Waals surface area contributed by atoms with Crippen molar-refractivity contribution in [3.05, 3.63) is 12.7 Å². The number of allylic oxidation sites excluding steroid dienone is 1. The Kier molecular flexibility index (Phi) is 4.79. The standard InChI is InChI=1S/C9H17NO/c1-4-5-6-8(11)9(10)7(2)3/h4,7,9H,1,5-6,10H2,2-3H3. The Morgan fingerprint density at radius 1 is 1.64 bits per heavy atom. The maximum Gasteiger partial charge on any atom is 0.150 e. The first kappa shape index (κ1) is 10.4. The van der Waals surface area contributed by atoms with Crippen molar-refractivity contribution in [2.24, 2.45) is 11.7 Å². The van der Waals surface area contributed by atoms with Crippen molar-refractivity contribution >= 4 is 5.78 Å². The summed E-state index contributed by atoms with van der Waals surface area (Å²) in [7, 11) is 0. The van der Waals surface area contributed by atoms with Crippen molar-refractivity contribution in [2.45, 2.75) is 32.7 Å². The van der Waals surface area contributed by atoms with Crippen LogP contribution in [0.15, 0.2) is 12.7 Å². The van der Waals surface area contributed by atoms with Gasteiger partial charge in [-0.15, -0.1) is 6.58 Å². The Hall–Kier alpha value is -0.630. The highest BCUT2D eigenvalue weighted by molar-refractivity contribution is 5.84. The quantitative estimate of drug-likeness (QED) is 0.611. The maximum absolute atomic E-state index is 11.2. The van der Waals surface area contributed by atoms with Gasteiger partial charge in [0.25, 0.3) is 0 Å². The van der Waals surface area contributed by atoms with Gasteiger partial charge >= 0.3 is 0 Å². The molecule has 0 spiro atoms. The number of carbonyl (C=O) groups excluding carboxylic acids is 1. The molecule has 0 saturated carbocycles. The van der Waals surface area contributed by atoms with E-state index in [0.717, 1.165) is 6.42 Å². The van der Waals surface area contributed by atoms with Gasteiger partial charge in [-0.05, 0) is 12.3 Å². The van der Waals surface area contributed by atoms with Crippen molar-refractivity contribution in [1.82, 2.24) is 0 Å². The molecular formula is C9H17NO. The first-order chi connectivity index (χ1) is 5.09. The fraction of sp³-hybridized carbons (Fsp3) is 0.667. The average Bonchev–Trinajstić information content (AvgIpc) is 1.98. The molecule has 0 amide bonds. The van der Waals surface area contributed by atoms with Gasteiger partial charge in [0.2, 0.25) is 0 Å². The van der Waals surface area contributed by atoms with Gasteiger partial charge in [-0.1, -0.05) is 19.9 Å². The van der Waals surface area contributed by atoms with Crippen LogP contribution in [-0.4, -0.2) is 11.8 Å². The Balaban J connectivity index is 3.73. The van der Waals surface area contributed by atoms with Gasteiger partial charge in [-0.25, -0.2) is 0 Å². The highest BCUT2D eigenvalue weighted by Gasteiger charge is 2.15. The van der Waals surface area contributed by atoms with Crippen LogP contribution in [0.1, 0.15) is 26.7 Å². The second kappa shape index (κ2) is 5.08. The molecule has 0 saturated heterocycles. The normalized spacial score (nSPS) is 13.1. The lowest BCUT2D eigenvalue weighted by Gasteiger charge is -2.12. The van der Waals surface area contributed by atoms with Crippen LogP contribution in [0, 0.1) is 5.92 Å². The number of carbonyl (C=O) groups is 1. The molecule has 2 heteroatoms. The van der Waals surface area contributed by atoms with Crippen LogP contribution in [0.2, 0.25) is 0 Å². The zero-order chi connectivity index (χ0) is 8.85. The van der Waals surface area contributed by atoms with Gasteiger partial charge < -0.3 is 5.73 Å². The number of hydrogen-bond acceptors (Lipinski definition) is 2. The number of hydrogen-bond donors (Lipinski definition) is 1. The van der Waals surface area contributed by atoms with E-state index in [9.17, 15) is 4.79 Å². The van der Waals surface area contributed by atoms with Crippen LogP contribution in [0.4, 0.5) is 0 Å². The predicted molar refractivity (Wildman–Crippen MR) is 47.3 cm³/mol. The van der Waals surface area contributed by atoms with Crippen molar-refractivity contribution in [3.8, 4) is 0 Å². The van der Waals surface area contributed by atoms with Crippen molar-refractivity contribution in [2.75, 3.05) is 0 Å². The van der Waals surface area contributed by atoms with E-state index in [4.69, 9.17) is 5.73 Å². The molecule has 0 heterocycles. The third-order valence-corrected chi connectivity index (χ3v) is 1.68. The first-order valence-electron chi connectivity index (χ1n) is 3.98. The van der Waals surface area contributed by atoms with E-state index in [1.807, 2.05) is 13.8 Å². The molecule has 0 aliphatic carbocycles. The van der Waals surface area contributed by atoms with E-state index in [1.165, 1.54) is 0 Å². The second-order valence-electron chi connectivity index (χ2n) is 3.06. The van der Waals surface area contributed by atoms with Gasteiger partial charge in [0.1, 0.15) is 5.78 Å². The molecule has 0 bridgehead atoms. The van der Waals surface area contributed by atoms with Crippen molar-refractivity contribution in [1.29, 1.82) is 0 Å². The molecule has 0 aromatic rings. The average molecular weight is 155 g/mol. The molecule has 0 fully saturated rings. The lowest BCUT2D eigenvalue weighted by molar-refractivity contribution is -0.121. The summed E-state index contributed by atoms with van der Waals surface area (Å²) in [5, 5.41) is 0. The smallest absolute Gasteiger partial charge is 0.150 e. The van der Waals surface area contributed by atoms with E-state index in [-0.39, 0.29) is 17.7 Å². The van der Waals surface area contributed by atoms with Crippen molar-refractivity contribution < 1.29 is 4.79 Å². The lowest BCUT2D eigenvalue weighted by Crippen LogP contribution is -2.35. The molecule has 0 rings (SSSR count). The Morgan fingerprint density at radius 3 is 2.55 bits per heavy atom. The zero-order valence-electron chi connectivity index (χ0n) is 7.34. The largest absolute Gasteiger partial charge is 0.321 e. The topological polar surface area (TPSA) is 43.1 Å². The summed E-state index contributed by atoms with van der Waals surface area (Å²) < 4.78 is 0. The number of ketones is 1. The van der Waals surface area contributed by atoms with Gasteiger partial charge in [-0.2, -0.15) is 0 Å². The minimum absolute atomic E-state index is 0.139. The van der Waals surface area contributed by atoms with Crippen LogP contribution in [0.25, 0.3) is 0 Å². The van der Waals surface area contributed by atoms with Gasteiger partial charge in [-0.3, -0.25) is 4.79 Å². The van der Waals surface area contributed by atoms with E-state index in [2.05, 4.69) is 6.58 Å². The molecule has 0 aliphatic heterocycles. The Morgan fingerprint density at radius 2 is 2.18 bits per heavy atom. The molecule has 0 aromatic heterocycles. The summed E-state index contributed by atoms with van der Waals surface area (Å²) in [5.74, 6) is 0.382. The molecule has 1 unspecified atom stereocenters. The molecule has 0 radical (unpaired) electrons. The number of nitrogens with two attached hydrogens (primary N) is 1. The van der Waals surface area contributed by atoms with Gasteiger partial charge in [0.15, 0.2) is 0 Å². The fourth-order valence-corrected chi connectivity index (χ4v) is 0.783. The molecule has 1 atom stereocenters. The van der Waals surface area contributed by atoms with Crippen LogP contribution in [0.5, 0.6) is 0 Å². The molecule has 11 heavy (non-hydrogen) atoms. The molecule has 0 aliphatic rings. The van der Waals surface area contributed by atoms with Crippen LogP contribution < -0.4 is 5.73 Å². The van der Waals surface area contributed by atoms with E-state index in [1.54, 1.807) is 6.08 Å². The minimum Gasteiger partial charge on any atom is -0.321 e. The van der Waals surface area contributed by atoms with Crippen LogP contribution in [0.3, 0.4) is 0 Å². The summed E-state index contributed by atoms with van der Waals surface area (Å²) in [6.07, 6.45) is 3.01. The number of Topliss-reactive ketones (excluding diaryl/α,β-unsaturated/α-hetero) is 1.